The average Bonchev–Trinajstić information content (AvgIpc) is 3.25. The van der Waals surface area contributed by atoms with Crippen LogP contribution in [0.25, 0.3) is 10.8 Å². The maximum atomic E-state index is 15.0. The van der Waals surface area contributed by atoms with Crippen LogP contribution in [-0.2, 0) is 19.3 Å². The van der Waals surface area contributed by atoms with Crippen molar-refractivity contribution in [3.05, 3.63) is 173 Å². The summed E-state index contributed by atoms with van der Waals surface area (Å²) in [5.41, 5.74) is 6.38. The third-order valence-corrected chi connectivity index (χ3v) is 10.8. The van der Waals surface area contributed by atoms with Gasteiger partial charge in [-0.15, -0.1) is 0 Å². The molecule has 0 spiro atoms. The van der Waals surface area contributed by atoms with E-state index in [4.69, 9.17) is 9.68 Å². The lowest BCUT2D eigenvalue weighted by atomic mass is 9.90. The number of fused-ring (bicyclic) bond motifs is 1. The number of anilines is 3. The summed E-state index contributed by atoms with van der Waals surface area (Å²) >= 11 is 0. The van der Waals surface area contributed by atoms with Crippen molar-refractivity contribution in [3.63, 3.8) is 0 Å². The first-order valence-electron chi connectivity index (χ1n) is 20.7. The number of para-hydroxylation sites is 1. The number of nitrogens with zero attached hydrogens (tertiary/aromatic N) is 4. The Hall–Kier alpha value is -6.87. The minimum atomic E-state index is -0.566. The summed E-state index contributed by atoms with van der Waals surface area (Å²) in [5.74, 6) is -0.855. The van der Waals surface area contributed by atoms with E-state index in [1.54, 1.807) is 0 Å². The number of carbonyl (C=O) groups is 3. The Morgan fingerprint density at radius 1 is 0.567 bits per heavy atom. The molecule has 1 aliphatic carbocycles. The minimum absolute atomic E-state index is 0.160. The normalized spacial score (nSPS) is 13.8. The van der Waals surface area contributed by atoms with Gasteiger partial charge in [-0.05, 0) is 66.6 Å². The van der Waals surface area contributed by atoms with Gasteiger partial charge in [0, 0.05) is 66.5 Å². The lowest BCUT2D eigenvalue weighted by Crippen LogP contribution is -2.33. The second-order valence-electron chi connectivity index (χ2n) is 15.3. The van der Waals surface area contributed by atoms with Crippen molar-refractivity contribution in [2.24, 2.45) is 16.2 Å². The highest BCUT2D eigenvalue weighted by atomic mass is 16.7. The lowest BCUT2D eigenvalue weighted by Gasteiger charge is -2.30. The number of carbonyl (C=O) groups excluding carboxylic acids is 3. The number of rotatable bonds is 12. The van der Waals surface area contributed by atoms with Crippen LogP contribution in [0.4, 0.5) is 17.1 Å². The van der Waals surface area contributed by atoms with E-state index in [1.165, 1.54) is 33.1 Å². The summed E-state index contributed by atoms with van der Waals surface area (Å²) in [6.45, 7) is 3.26. The predicted octanol–water partition coefficient (Wildman–Crippen LogP) is 11.4. The average molecular weight is 799 g/mol. The van der Waals surface area contributed by atoms with Crippen molar-refractivity contribution in [1.82, 2.24) is 4.90 Å². The van der Waals surface area contributed by atoms with Gasteiger partial charge in [0.1, 0.15) is 11.4 Å². The van der Waals surface area contributed by atoms with Crippen LogP contribution < -0.4 is 4.90 Å². The van der Waals surface area contributed by atoms with E-state index in [0.717, 1.165) is 59.0 Å². The molecule has 7 rings (SSSR count). The Bertz CT molecular complexity index is 2490. The van der Waals surface area contributed by atoms with Gasteiger partial charge in [0.2, 0.25) is 0 Å². The lowest BCUT2D eigenvalue weighted by molar-refractivity contribution is -0.141. The Kier molecular flexibility index (Phi) is 13.6. The second-order valence-corrected chi connectivity index (χ2v) is 15.3. The maximum Gasteiger partial charge on any atom is 0.332 e. The minimum Gasteiger partial charge on any atom is -0.341 e. The molecule has 0 bridgehead atoms. The SMILES string of the molecule is CC(=O)O/N=C(/c1ccccc1)c1cc(N(c2ccccc2)c2ccc(/C(=N\OC(C)=O)c3ccccc3)c(C(=O)N(C)CC3CCCCCCC3)c2)c2ccccc2c1. The van der Waals surface area contributed by atoms with Gasteiger partial charge in [-0.25, -0.2) is 9.59 Å². The largest absolute Gasteiger partial charge is 0.341 e. The number of hydrogen-bond acceptors (Lipinski definition) is 8. The standard InChI is InChI=1S/C51H50N4O5/c1-36(56)59-52-49(39-22-12-7-13-23-39)42-32-41-26-18-19-29-45(41)48(33-42)55(43-27-16-9-17-28-43)44-30-31-46(50(53-60-37(2)57)40-24-14-8-15-25-40)47(34-44)51(58)54(3)35-38-20-10-5-4-6-11-21-38/h7-9,12-19,22-34,38H,4-6,10-11,20-21,35H2,1-3H3/b52-49-,53-50-. The Labute approximate surface area is 351 Å². The van der Waals surface area contributed by atoms with Crippen LogP contribution in [0.2, 0.25) is 0 Å². The third kappa shape index (κ3) is 10.0. The van der Waals surface area contributed by atoms with Crippen LogP contribution in [0.5, 0.6) is 0 Å². The van der Waals surface area contributed by atoms with Gasteiger partial charge in [-0.3, -0.25) is 4.79 Å². The number of amides is 1. The van der Waals surface area contributed by atoms with E-state index >= 15 is 4.79 Å². The van der Waals surface area contributed by atoms with E-state index in [0.29, 0.717) is 46.3 Å². The zero-order valence-electron chi connectivity index (χ0n) is 34.4. The first kappa shape index (κ1) is 41.3. The molecule has 1 amide bonds. The highest BCUT2D eigenvalue weighted by Crippen LogP contribution is 2.41. The number of oxime groups is 2. The smallest absolute Gasteiger partial charge is 0.332 e. The molecule has 6 aromatic carbocycles. The van der Waals surface area contributed by atoms with Gasteiger partial charge >= 0.3 is 11.9 Å². The fourth-order valence-electron chi connectivity index (χ4n) is 8.01. The second kappa shape index (κ2) is 19.7. The fourth-order valence-corrected chi connectivity index (χ4v) is 8.01. The quantitative estimate of drug-likeness (QED) is 0.0694. The Morgan fingerprint density at radius 3 is 1.75 bits per heavy atom. The van der Waals surface area contributed by atoms with Crippen molar-refractivity contribution in [3.8, 4) is 0 Å². The summed E-state index contributed by atoms with van der Waals surface area (Å²) in [5, 5.41) is 10.6. The summed E-state index contributed by atoms with van der Waals surface area (Å²) in [6.07, 6.45) is 8.22. The Morgan fingerprint density at radius 2 is 1.12 bits per heavy atom. The summed E-state index contributed by atoms with van der Waals surface area (Å²) in [4.78, 5) is 53.8. The highest BCUT2D eigenvalue weighted by molar-refractivity contribution is 6.19. The monoisotopic (exact) mass is 798 g/mol. The molecule has 1 saturated carbocycles. The molecule has 304 valence electrons. The van der Waals surface area contributed by atoms with Crippen molar-refractivity contribution in [1.29, 1.82) is 0 Å². The van der Waals surface area contributed by atoms with Gasteiger partial charge in [-0.2, -0.15) is 0 Å². The molecule has 1 aliphatic rings. The molecule has 0 atom stereocenters. The molecule has 0 heterocycles. The zero-order chi connectivity index (χ0) is 41.8. The predicted molar refractivity (Wildman–Crippen MR) is 239 cm³/mol. The first-order chi connectivity index (χ1) is 29.3. The van der Waals surface area contributed by atoms with E-state index in [1.807, 2.05) is 151 Å². The maximum absolute atomic E-state index is 15.0. The molecule has 0 saturated heterocycles. The molecule has 0 N–H and O–H groups in total. The van der Waals surface area contributed by atoms with Gasteiger partial charge in [0.15, 0.2) is 0 Å². The fraction of sp³-hybridized carbons (Fsp3) is 0.235. The van der Waals surface area contributed by atoms with Gasteiger partial charge in [-0.1, -0.05) is 146 Å². The van der Waals surface area contributed by atoms with Crippen LogP contribution in [0.3, 0.4) is 0 Å². The molecule has 0 radical (unpaired) electrons. The highest BCUT2D eigenvalue weighted by Gasteiger charge is 2.26. The molecule has 60 heavy (non-hydrogen) atoms. The molecular weight excluding hydrogens is 749 g/mol. The van der Waals surface area contributed by atoms with Crippen LogP contribution >= 0.6 is 0 Å². The molecule has 1 fully saturated rings. The van der Waals surface area contributed by atoms with E-state index in [2.05, 4.69) is 21.3 Å². The molecule has 0 aromatic heterocycles. The van der Waals surface area contributed by atoms with E-state index < -0.39 is 11.9 Å². The molecule has 9 nitrogen and oxygen atoms in total. The van der Waals surface area contributed by atoms with Crippen molar-refractivity contribution in [2.45, 2.75) is 58.8 Å². The van der Waals surface area contributed by atoms with Crippen LogP contribution in [0, 0.1) is 5.92 Å². The topological polar surface area (TPSA) is 101 Å². The molecule has 0 aliphatic heterocycles. The van der Waals surface area contributed by atoms with Gasteiger partial charge < -0.3 is 19.5 Å². The van der Waals surface area contributed by atoms with Gasteiger partial charge in [0.25, 0.3) is 5.91 Å². The molecule has 0 unspecified atom stereocenters. The number of hydrogen-bond donors (Lipinski definition) is 0. The van der Waals surface area contributed by atoms with Crippen LogP contribution in [0.15, 0.2) is 156 Å². The molecular formula is C51H50N4O5. The van der Waals surface area contributed by atoms with Crippen molar-refractivity contribution in [2.75, 3.05) is 18.5 Å². The first-order valence-corrected chi connectivity index (χ1v) is 20.7. The summed E-state index contributed by atoms with van der Waals surface area (Å²) in [6, 6.07) is 47.0. The molecule has 9 heteroatoms. The van der Waals surface area contributed by atoms with Crippen LogP contribution in [0.1, 0.15) is 91.4 Å². The van der Waals surface area contributed by atoms with E-state index in [9.17, 15) is 9.59 Å². The van der Waals surface area contributed by atoms with Crippen molar-refractivity contribution >= 4 is 57.1 Å². The Balaban J connectivity index is 1.44. The van der Waals surface area contributed by atoms with Gasteiger partial charge in [0.05, 0.1) is 11.3 Å². The molecule has 6 aromatic rings. The van der Waals surface area contributed by atoms with Crippen LogP contribution in [-0.4, -0.2) is 47.8 Å². The third-order valence-electron chi connectivity index (χ3n) is 10.8. The van der Waals surface area contributed by atoms with E-state index in [-0.39, 0.29) is 5.91 Å². The summed E-state index contributed by atoms with van der Waals surface area (Å²) in [7, 11) is 1.88. The number of benzene rings is 6. The zero-order valence-corrected chi connectivity index (χ0v) is 34.4. The summed E-state index contributed by atoms with van der Waals surface area (Å²) < 4.78 is 0. The van der Waals surface area contributed by atoms with Crippen molar-refractivity contribution < 1.29 is 24.1 Å².